The number of aliphatic carboxylic acids is 1. The van der Waals surface area contributed by atoms with Crippen molar-refractivity contribution in [2.75, 3.05) is 0 Å². The summed E-state index contributed by atoms with van der Waals surface area (Å²) in [7, 11) is 0. The fourth-order valence-electron chi connectivity index (χ4n) is 4.41. The van der Waals surface area contributed by atoms with Crippen LogP contribution < -0.4 is 0 Å². The molecule has 0 spiro atoms. The van der Waals surface area contributed by atoms with E-state index in [1.165, 1.54) is 5.21 Å². The van der Waals surface area contributed by atoms with E-state index in [4.69, 9.17) is 0 Å². The SMILES string of the molecule is CC(C)[As](CCC1CCCC1(C(=O)O)c1ccccc1)C(C)C. The molecule has 0 aliphatic heterocycles. The maximum absolute atomic E-state index is 12.3. The van der Waals surface area contributed by atoms with Crippen LogP contribution in [0.5, 0.6) is 0 Å². The molecule has 23 heavy (non-hydrogen) atoms. The summed E-state index contributed by atoms with van der Waals surface area (Å²) in [6.07, 6.45) is 4.01. The molecule has 1 N–H and O–H groups in total. The van der Waals surface area contributed by atoms with Crippen LogP contribution in [0.3, 0.4) is 0 Å². The summed E-state index contributed by atoms with van der Waals surface area (Å²) in [5, 5.41) is 11.4. The van der Waals surface area contributed by atoms with Crippen molar-refractivity contribution in [3.63, 3.8) is 0 Å². The van der Waals surface area contributed by atoms with E-state index in [1.807, 2.05) is 30.3 Å². The third kappa shape index (κ3) is 3.85. The van der Waals surface area contributed by atoms with Gasteiger partial charge in [0.15, 0.2) is 0 Å². The van der Waals surface area contributed by atoms with E-state index in [1.54, 1.807) is 0 Å². The van der Waals surface area contributed by atoms with Crippen molar-refractivity contribution < 1.29 is 9.90 Å². The predicted octanol–water partition coefficient (Wildman–Crippen LogP) is 5.51. The van der Waals surface area contributed by atoms with E-state index in [-0.39, 0.29) is 0 Å². The van der Waals surface area contributed by atoms with Gasteiger partial charge in [-0.2, -0.15) is 0 Å². The first-order valence-electron chi connectivity index (χ1n) is 8.94. The standard InChI is InChI=1S/C20H31AsO2/c1-15(2)21(16(3)4)14-12-18-11-8-13-20(18,19(22)23)17-9-6-5-7-10-17/h5-7,9-10,15-16,18H,8,11-14H2,1-4H3,(H,22,23). The second-order valence-electron chi connectivity index (χ2n) is 7.45. The molecule has 1 saturated carbocycles. The Kier molecular flexibility index (Phi) is 6.37. The van der Waals surface area contributed by atoms with Gasteiger partial charge in [-0.3, -0.25) is 0 Å². The van der Waals surface area contributed by atoms with Gasteiger partial charge < -0.3 is 0 Å². The molecule has 2 rings (SSSR count). The van der Waals surface area contributed by atoms with Crippen LogP contribution in [0.25, 0.3) is 0 Å². The first-order valence-corrected chi connectivity index (χ1v) is 12.4. The second-order valence-corrected chi connectivity index (χ2v) is 14.9. The Labute approximate surface area is 145 Å². The number of hydrogen-bond acceptors (Lipinski definition) is 1. The number of benzene rings is 1. The molecule has 0 saturated heterocycles. The average molecular weight is 378 g/mol. The summed E-state index contributed by atoms with van der Waals surface area (Å²) < 4.78 is 1.61. The Hall–Kier alpha value is -0.752. The van der Waals surface area contributed by atoms with Crippen LogP contribution >= 0.6 is 0 Å². The Morgan fingerprint density at radius 1 is 1.22 bits per heavy atom. The molecule has 1 aromatic carbocycles. The maximum atomic E-state index is 12.3. The van der Waals surface area contributed by atoms with Crippen LogP contribution in [0, 0.1) is 5.92 Å². The zero-order valence-electron chi connectivity index (χ0n) is 15.0. The van der Waals surface area contributed by atoms with Gasteiger partial charge in [0.25, 0.3) is 0 Å². The van der Waals surface area contributed by atoms with Gasteiger partial charge in [0.1, 0.15) is 0 Å². The van der Waals surface area contributed by atoms with E-state index in [2.05, 4.69) is 27.7 Å². The van der Waals surface area contributed by atoms with Crippen molar-refractivity contribution >= 4 is 20.6 Å². The van der Waals surface area contributed by atoms with Crippen molar-refractivity contribution in [1.29, 1.82) is 0 Å². The molecular formula is C20H31AsO2. The molecule has 0 aromatic heterocycles. The van der Waals surface area contributed by atoms with E-state index >= 15 is 0 Å². The second kappa shape index (κ2) is 7.88. The summed E-state index contributed by atoms with van der Waals surface area (Å²) in [6, 6.07) is 9.98. The van der Waals surface area contributed by atoms with Gasteiger partial charge in [0.05, 0.1) is 0 Å². The third-order valence-electron chi connectivity index (χ3n) is 5.55. The number of carboxylic acids is 1. The topological polar surface area (TPSA) is 37.3 Å². The number of rotatable bonds is 7. The van der Waals surface area contributed by atoms with E-state index < -0.39 is 26.0 Å². The van der Waals surface area contributed by atoms with Crippen molar-refractivity contribution in [1.82, 2.24) is 0 Å². The Morgan fingerprint density at radius 2 is 1.83 bits per heavy atom. The summed E-state index contributed by atoms with van der Waals surface area (Å²) in [4.78, 5) is 12.3. The molecule has 0 bridgehead atoms. The third-order valence-corrected chi connectivity index (χ3v) is 12.7. The minimum atomic E-state index is -0.887. The van der Waals surface area contributed by atoms with Gasteiger partial charge in [-0.1, -0.05) is 0 Å². The summed E-state index contributed by atoms with van der Waals surface area (Å²) >= 11 is -0.887. The Balaban J connectivity index is 2.21. The quantitative estimate of drug-likeness (QED) is 0.635. The molecule has 1 fully saturated rings. The fourth-order valence-corrected chi connectivity index (χ4v) is 10.4. The van der Waals surface area contributed by atoms with Crippen LogP contribution in [0.4, 0.5) is 0 Å². The minimum absolute atomic E-state index is 0.303. The summed E-state index contributed by atoms with van der Waals surface area (Å²) in [5.41, 5.74) is 0.373. The van der Waals surface area contributed by atoms with E-state index in [9.17, 15) is 9.90 Å². The molecular weight excluding hydrogens is 347 g/mol. The van der Waals surface area contributed by atoms with Crippen molar-refractivity contribution in [3.8, 4) is 0 Å². The predicted molar refractivity (Wildman–Crippen MR) is 98.5 cm³/mol. The van der Waals surface area contributed by atoms with Gasteiger partial charge in [0, 0.05) is 0 Å². The van der Waals surface area contributed by atoms with Gasteiger partial charge in [0.2, 0.25) is 0 Å². The molecule has 1 aliphatic carbocycles. The van der Waals surface area contributed by atoms with Gasteiger partial charge in [-0.15, -0.1) is 0 Å². The van der Waals surface area contributed by atoms with Crippen molar-refractivity contribution in [2.24, 2.45) is 5.92 Å². The van der Waals surface area contributed by atoms with E-state index in [0.717, 1.165) is 40.7 Å². The van der Waals surface area contributed by atoms with Gasteiger partial charge in [-0.05, 0) is 0 Å². The molecule has 3 heteroatoms. The first kappa shape index (κ1) is 18.6. The molecule has 128 valence electrons. The molecule has 0 heterocycles. The van der Waals surface area contributed by atoms with Gasteiger partial charge in [-0.25, -0.2) is 0 Å². The molecule has 1 aliphatic rings. The zero-order chi connectivity index (χ0) is 17.0. The molecule has 0 amide bonds. The Bertz CT molecular complexity index is 504. The monoisotopic (exact) mass is 378 g/mol. The normalized spacial score (nSPS) is 24.7. The number of hydrogen-bond donors (Lipinski definition) is 1. The van der Waals surface area contributed by atoms with Crippen LogP contribution in [0.15, 0.2) is 30.3 Å². The Morgan fingerprint density at radius 3 is 2.35 bits per heavy atom. The van der Waals surface area contributed by atoms with Crippen LogP contribution in [-0.2, 0) is 10.2 Å². The van der Waals surface area contributed by atoms with Crippen molar-refractivity contribution in [3.05, 3.63) is 35.9 Å². The van der Waals surface area contributed by atoms with Crippen LogP contribution in [0.1, 0.15) is 58.9 Å². The van der Waals surface area contributed by atoms with Crippen LogP contribution in [0.2, 0.25) is 14.6 Å². The summed E-state index contributed by atoms with van der Waals surface area (Å²) in [5.74, 6) is -0.309. The summed E-state index contributed by atoms with van der Waals surface area (Å²) in [6.45, 7) is 9.43. The molecule has 2 unspecified atom stereocenters. The zero-order valence-corrected chi connectivity index (χ0v) is 16.8. The first-order chi connectivity index (χ1) is 10.9. The van der Waals surface area contributed by atoms with E-state index in [0.29, 0.717) is 5.92 Å². The molecule has 2 atom stereocenters. The molecule has 1 aromatic rings. The average Bonchev–Trinajstić information content (AvgIpc) is 2.92. The van der Waals surface area contributed by atoms with Crippen molar-refractivity contribution in [2.45, 2.75) is 73.4 Å². The molecule has 0 radical (unpaired) electrons. The number of carbonyl (C=O) groups is 1. The molecule has 2 nitrogen and oxygen atoms in total. The van der Waals surface area contributed by atoms with Gasteiger partial charge >= 0.3 is 146 Å². The fraction of sp³-hybridized carbons (Fsp3) is 0.650. The van der Waals surface area contributed by atoms with Crippen LogP contribution in [-0.4, -0.2) is 25.7 Å². The number of carboxylic acid groups (broad SMARTS) is 1.